The van der Waals surface area contributed by atoms with E-state index in [1.54, 1.807) is 6.20 Å². The molecule has 1 rings (SSSR count). The summed E-state index contributed by atoms with van der Waals surface area (Å²) in [5, 5.41) is 3.20. The van der Waals surface area contributed by atoms with E-state index in [-0.39, 0.29) is 6.10 Å². The van der Waals surface area contributed by atoms with Crippen molar-refractivity contribution in [2.24, 2.45) is 5.84 Å². The van der Waals surface area contributed by atoms with E-state index in [1.807, 2.05) is 20.8 Å². The lowest BCUT2D eigenvalue weighted by Gasteiger charge is -2.14. The molecule has 4 N–H and O–H groups in total. The fourth-order valence-electron chi connectivity index (χ4n) is 1.27. The van der Waals surface area contributed by atoms with Crippen LogP contribution in [-0.4, -0.2) is 29.2 Å². The van der Waals surface area contributed by atoms with Crippen LogP contribution >= 0.6 is 0 Å². The molecule has 0 amide bonds. The van der Waals surface area contributed by atoms with Crippen LogP contribution < -0.4 is 16.6 Å². The molecule has 6 heteroatoms. The number of nitrogens with two attached hydrogens (primary N) is 1. The molecule has 0 fully saturated rings. The fraction of sp³-hybridized carbons (Fsp3) is 0.600. The summed E-state index contributed by atoms with van der Waals surface area (Å²) in [5.74, 6) is 6.42. The van der Waals surface area contributed by atoms with E-state index >= 15 is 0 Å². The molecule has 1 aromatic heterocycles. The zero-order chi connectivity index (χ0) is 12.0. The van der Waals surface area contributed by atoms with Crippen LogP contribution in [0, 0.1) is 6.92 Å². The first kappa shape index (κ1) is 12.7. The molecule has 0 bridgehead atoms. The van der Waals surface area contributed by atoms with Crippen molar-refractivity contribution >= 4 is 11.8 Å². The number of ether oxygens (including phenoxy) is 1. The lowest BCUT2D eigenvalue weighted by Crippen LogP contribution is -2.21. The third-order valence-corrected chi connectivity index (χ3v) is 2.11. The number of nitrogen functional groups attached to an aromatic ring is 1. The van der Waals surface area contributed by atoms with Crippen molar-refractivity contribution in [2.45, 2.75) is 26.9 Å². The van der Waals surface area contributed by atoms with Gasteiger partial charge in [0, 0.05) is 24.9 Å². The first-order chi connectivity index (χ1) is 7.67. The predicted molar refractivity (Wildman–Crippen MR) is 64.2 cm³/mol. The molecule has 0 aromatic carbocycles. The summed E-state index contributed by atoms with van der Waals surface area (Å²) in [7, 11) is 0. The molecular weight excluding hydrogens is 206 g/mol. The van der Waals surface area contributed by atoms with E-state index in [1.165, 1.54) is 0 Å². The van der Waals surface area contributed by atoms with Crippen LogP contribution in [0.5, 0.6) is 0 Å². The van der Waals surface area contributed by atoms with Gasteiger partial charge in [-0.05, 0) is 20.8 Å². The van der Waals surface area contributed by atoms with Gasteiger partial charge in [-0.2, -0.15) is 4.98 Å². The van der Waals surface area contributed by atoms with Crippen LogP contribution in [0.25, 0.3) is 0 Å². The zero-order valence-corrected chi connectivity index (χ0v) is 9.95. The number of aryl methyl sites for hydroxylation is 1. The summed E-state index contributed by atoms with van der Waals surface area (Å²) in [6.45, 7) is 7.34. The van der Waals surface area contributed by atoms with E-state index in [4.69, 9.17) is 10.6 Å². The van der Waals surface area contributed by atoms with Crippen LogP contribution in [0.4, 0.5) is 11.8 Å². The molecule has 0 aliphatic rings. The van der Waals surface area contributed by atoms with Crippen LogP contribution in [0.1, 0.15) is 19.4 Å². The van der Waals surface area contributed by atoms with Gasteiger partial charge in [0.15, 0.2) is 0 Å². The highest BCUT2D eigenvalue weighted by molar-refractivity contribution is 5.46. The third-order valence-electron chi connectivity index (χ3n) is 2.11. The highest BCUT2D eigenvalue weighted by Crippen LogP contribution is 2.11. The second-order valence-electron chi connectivity index (χ2n) is 3.52. The highest BCUT2D eigenvalue weighted by atomic mass is 16.5. The molecular formula is C10H19N5O. The van der Waals surface area contributed by atoms with Gasteiger partial charge in [0.2, 0.25) is 5.95 Å². The summed E-state index contributed by atoms with van der Waals surface area (Å²) in [5.41, 5.74) is 3.39. The van der Waals surface area contributed by atoms with Gasteiger partial charge < -0.3 is 10.1 Å². The third kappa shape index (κ3) is 3.63. The van der Waals surface area contributed by atoms with Gasteiger partial charge in [0.1, 0.15) is 5.82 Å². The van der Waals surface area contributed by atoms with Crippen molar-refractivity contribution in [2.75, 3.05) is 23.9 Å². The number of hydrogen-bond donors (Lipinski definition) is 3. The molecule has 0 saturated heterocycles. The normalized spacial score (nSPS) is 12.2. The van der Waals surface area contributed by atoms with Gasteiger partial charge in [-0.15, -0.1) is 0 Å². The maximum atomic E-state index is 5.41. The van der Waals surface area contributed by atoms with Gasteiger partial charge in [0.05, 0.1) is 6.10 Å². The molecule has 1 heterocycles. The predicted octanol–water partition coefficient (Wildman–Crippen LogP) is 0.908. The standard InChI is InChI=1S/C10H19N5O/c1-4-16-8(3)6-12-9-7(2)5-13-10(14-9)15-11/h5,8H,4,6,11H2,1-3H3,(H2,12,13,14,15). The SMILES string of the molecule is CCOC(C)CNc1nc(NN)ncc1C. The minimum absolute atomic E-state index is 0.147. The Labute approximate surface area is 95.6 Å². The molecule has 1 aromatic rings. The van der Waals surface area contributed by atoms with Gasteiger partial charge in [-0.3, -0.25) is 5.43 Å². The van der Waals surface area contributed by atoms with Crippen molar-refractivity contribution < 1.29 is 4.74 Å². The van der Waals surface area contributed by atoms with E-state index in [2.05, 4.69) is 20.7 Å². The van der Waals surface area contributed by atoms with Crippen LogP contribution in [-0.2, 0) is 4.74 Å². The largest absolute Gasteiger partial charge is 0.377 e. The zero-order valence-electron chi connectivity index (χ0n) is 9.95. The molecule has 0 aliphatic heterocycles. The average molecular weight is 225 g/mol. The first-order valence-electron chi connectivity index (χ1n) is 5.33. The Morgan fingerprint density at radius 1 is 1.56 bits per heavy atom. The van der Waals surface area contributed by atoms with E-state index in [0.717, 1.165) is 11.4 Å². The molecule has 0 radical (unpaired) electrons. The van der Waals surface area contributed by atoms with Gasteiger partial charge in [0.25, 0.3) is 0 Å². The molecule has 1 unspecified atom stereocenters. The second kappa shape index (κ2) is 6.24. The smallest absolute Gasteiger partial charge is 0.239 e. The van der Waals surface area contributed by atoms with Crippen LogP contribution in [0.15, 0.2) is 6.20 Å². The Hall–Kier alpha value is -1.40. The Kier molecular flexibility index (Phi) is 4.94. The Morgan fingerprint density at radius 3 is 2.94 bits per heavy atom. The van der Waals surface area contributed by atoms with E-state index in [9.17, 15) is 0 Å². The number of hydrazine groups is 1. The van der Waals surface area contributed by atoms with E-state index < -0.39 is 0 Å². The van der Waals surface area contributed by atoms with Crippen molar-refractivity contribution in [3.8, 4) is 0 Å². The number of nitrogens with zero attached hydrogens (tertiary/aromatic N) is 2. The Balaban J connectivity index is 2.58. The van der Waals surface area contributed by atoms with Gasteiger partial charge >= 0.3 is 0 Å². The van der Waals surface area contributed by atoms with Gasteiger partial charge in [-0.1, -0.05) is 0 Å². The molecule has 16 heavy (non-hydrogen) atoms. The molecule has 0 saturated carbocycles. The van der Waals surface area contributed by atoms with Crippen molar-refractivity contribution in [3.05, 3.63) is 11.8 Å². The highest BCUT2D eigenvalue weighted by Gasteiger charge is 2.05. The fourth-order valence-corrected chi connectivity index (χ4v) is 1.27. The number of rotatable bonds is 6. The first-order valence-corrected chi connectivity index (χ1v) is 5.33. The summed E-state index contributed by atoms with van der Waals surface area (Å²) < 4.78 is 5.41. The minimum Gasteiger partial charge on any atom is -0.377 e. The lowest BCUT2D eigenvalue weighted by molar-refractivity contribution is 0.0855. The summed E-state index contributed by atoms with van der Waals surface area (Å²) in [6.07, 6.45) is 1.87. The quantitative estimate of drug-likeness (QED) is 0.493. The summed E-state index contributed by atoms with van der Waals surface area (Å²) in [4.78, 5) is 8.21. The topological polar surface area (TPSA) is 85.1 Å². The monoisotopic (exact) mass is 225 g/mol. The average Bonchev–Trinajstić information content (AvgIpc) is 2.28. The van der Waals surface area contributed by atoms with Crippen LogP contribution in [0.3, 0.4) is 0 Å². The number of aromatic nitrogens is 2. The van der Waals surface area contributed by atoms with Crippen molar-refractivity contribution in [1.29, 1.82) is 0 Å². The Morgan fingerprint density at radius 2 is 2.31 bits per heavy atom. The number of hydrogen-bond acceptors (Lipinski definition) is 6. The second-order valence-corrected chi connectivity index (χ2v) is 3.52. The van der Waals surface area contributed by atoms with E-state index in [0.29, 0.717) is 19.1 Å². The van der Waals surface area contributed by atoms with Crippen molar-refractivity contribution in [3.63, 3.8) is 0 Å². The molecule has 1 atom stereocenters. The van der Waals surface area contributed by atoms with Gasteiger partial charge in [-0.25, -0.2) is 10.8 Å². The Bertz CT molecular complexity index is 331. The van der Waals surface area contributed by atoms with Crippen LogP contribution in [0.2, 0.25) is 0 Å². The maximum absolute atomic E-state index is 5.41. The molecule has 90 valence electrons. The maximum Gasteiger partial charge on any atom is 0.239 e. The number of anilines is 2. The molecule has 6 nitrogen and oxygen atoms in total. The molecule has 0 aliphatic carbocycles. The lowest BCUT2D eigenvalue weighted by atomic mass is 10.3. The number of nitrogens with one attached hydrogen (secondary N) is 2. The summed E-state index contributed by atoms with van der Waals surface area (Å²) >= 11 is 0. The van der Waals surface area contributed by atoms with Crippen molar-refractivity contribution in [1.82, 2.24) is 9.97 Å². The summed E-state index contributed by atoms with van der Waals surface area (Å²) in [6, 6.07) is 0. The molecule has 0 spiro atoms. The minimum atomic E-state index is 0.147.